The van der Waals surface area contributed by atoms with Gasteiger partial charge in [-0.15, -0.1) is 0 Å². The second-order valence-electron chi connectivity index (χ2n) is 23.5. The maximum atomic E-state index is 7.10. The van der Waals surface area contributed by atoms with Crippen molar-refractivity contribution < 1.29 is 4.42 Å². The molecule has 4 heteroatoms. The van der Waals surface area contributed by atoms with Crippen molar-refractivity contribution in [3.63, 3.8) is 0 Å². The summed E-state index contributed by atoms with van der Waals surface area (Å²) in [4.78, 5) is 7.03. The van der Waals surface area contributed by atoms with Crippen molar-refractivity contribution in [3.05, 3.63) is 281 Å². The van der Waals surface area contributed by atoms with Crippen LogP contribution in [-0.2, 0) is 22.7 Å². The van der Waals surface area contributed by atoms with Crippen molar-refractivity contribution >= 4 is 44.7 Å². The van der Waals surface area contributed by atoms with Crippen LogP contribution in [0.3, 0.4) is 0 Å². The van der Waals surface area contributed by atoms with E-state index in [1.807, 2.05) is 72.1 Å². The summed E-state index contributed by atoms with van der Waals surface area (Å²) in [5.41, 5.74) is 29.3. The topological polar surface area (TPSA) is 55.3 Å². The molecule has 2 aliphatic rings. The summed E-state index contributed by atoms with van der Waals surface area (Å²) in [6.07, 6.45) is 25.2. The Morgan fingerprint density at radius 2 is 1.31 bits per heavy atom. The number of hydrogen-bond donors (Lipinski definition) is 1. The molecule has 0 spiro atoms. The van der Waals surface area contributed by atoms with Crippen molar-refractivity contribution in [1.82, 2.24) is 4.98 Å². The Kier molecular flexibility index (Phi) is 19.1. The fraction of sp³-hybridized carbons (Fsp3) is 0.253. The van der Waals surface area contributed by atoms with Crippen LogP contribution in [0, 0.1) is 6.92 Å². The molecule has 2 unspecified atom stereocenters. The number of benzene rings is 7. The molecule has 2 heterocycles. The zero-order valence-corrected chi connectivity index (χ0v) is 51.9. The Hall–Kier alpha value is -8.47. The van der Waals surface area contributed by atoms with Crippen LogP contribution < -0.4 is 10.6 Å². The van der Waals surface area contributed by atoms with Gasteiger partial charge in [-0.1, -0.05) is 228 Å². The molecular weight excluding hydrogens is 1010 g/mol. The summed E-state index contributed by atoms with van der Waals surface area (Å²) >= 11 is 0. The number of hydrogen-bond acceptors (Lipinski definition) is 4. The Bertz CT molecular complexity index is 3860. The van der Waals surface area contributed by atoms with Gasteiger partial charge in [0, 0.05) is 63.0 Å². The third-order valence-electron chi connectivity index (χ3n) is 16.1. The van der Waals surface area contributed by atoms with Crippen LogP contribution in [0.4, 0.5) is 22.7 Å². The van der Waals surface area contributed by atoms with E-state index in [0.29, 0.717) is 5.92 Å². The van der Waals surface area contributed by atoms with E-state index in [4.69, 9.17) is 10.2 Å². The van der Waals surface area contributed by atoms with Crippen molar-refractivity contribution in [3.8, 4) is 22.3 Å². The van der Waals surface area contributed by atoms with E-state index < -0.39 is 5.41 Å². The minimum absolute atomic E-state index is 0.0398. The van der Waals surface area contributed by atoms with Gasteiger partial charge in [-0.3, -0.25) is 4.98 Å². The molecule has 424 valence electrons. The summed E-state index contributed by atoms with van der Waals surface area (Å²) in [5.74, 6) is 0.379. The number of anilines is 4. The molecule has 83 heavy (non-hydrogen) atoms. The minimum Gasteiger partial charge on any atom is -0.455 e. The van der Waals surface area contributed by atoms with Gasteiger partial charge >= 0.3 is 0 Å². The first-order valence-corrected chi connectivity index (χ1v) is 30.0. The van der Waals surface area contributed by atoms with Gasteiger partial charge in [0.05, 0.1) is 5.39 Å². The van der Waals surface area contributed by atoms with Crippen molar-refractivity contribution in [2.24, 2.45) is 0 Å². The molecule has 2 aliphatic carbocycles. The Morgan fingerprint density at radius 3 is 1.93 bits per heavy atom. The highest BCUT2D eigenvalue weighted by Crippen LogP contribution is 2.59. The maximum absolute atomic E-state index is 7.10. The van der Waals surface area contributed by atoms with Gasteiger partial charge in [0.1, 0.15) is 11.2 Å². The third-order valence-corrected chi connectivity index (χ3v) is 16.1. The van der Waals surface area contributed by atoms with E-state index in [0.717, 1.165) is 90.9 Å². The molecule has 0 radical (unpaired) electrons. The number of aromatic nitrogens is 1. The van der Waals surface area contributed by atoms with E-state index in [9.17, 15) is 0 Å². The molecular formula is C79H87N3O. The second kappa shape index (κ2) is 26.2. The number of para-hydroxylation sites is 1. The molecule has 2 atom stereocenters. The average Bonchev–Trinajstić information content (AvgIpc) is 4.23. The molecule has 0 saturated carbocycles. The number of fused-ring (bicyclic) bond motifs is 7. The van der Waals surface area contributed by atoms with Gasteiger partial charge in [-0.05, 0) is 173 Å². The first-order chi connectivity index (χ1) is 40.0. The highest BCUT2D eigenvalue weighted by molar-refractivity contribution is 6.17. The van der Waals surface area contributed by atoms with Crippen LogP contribution in [0.5, 0.6) is 0 Å². The average molecular weight is 1090 g/mol. The maximum Gasteiger partial charge on any atom is 0.145 e. The van der Waals surface area contributed by atoms with Crippen LogP contribution in [0.2, 0.25) is 0 Å². The first-order valence-electron chi connectivity index (χ1n) is 30.0. The lowest BCUT2D eigenvalue weighted by molar-refractivity contribution is 0.590. The molecule has 0 bridgehead atoms. The highest BCUT2D eigenvalue weighted by atomic mass is 16.3. The van der Waals surface area contributed by atoms with E-state index in [1.165, 1.54) is 44.5 Å². The molecule has 4 nitrogen and oxygen atoms in total. The number of allylic oxidation sites excluding steroid dienone is 11. The fourth-order valence-electron chi connectivity index (χ4n) is 11.7. The molecule has 0 amide bonds. The van der Waals surface area contributed by atoms with Gasteiger partial charge in [0.2, 0.25) is 0 Å². The van der Waals surface area contributed by atoms with E-state index in [2.05, 4.69) is 260 Å². The third kappa shape index (κ3) is 12.6. The first kappa shape index (κ1) is 60.6. The van der Waals surface area contributed by atoms with Crippen LogP contribution in [0.1, 0.15) is 147 Å². The molecule has 2 aromatic heterocycles. The molecule has 0 saturated heterocycles. The van der Waals surface area contributed by atoms with Gasteiger partial charge in [-0.2, -0.15) is 0 Å². The van der Waals surface area contributed by atoms with Crippen LogP contribution in [-0.4, -0.2) is 4.98 Å². The Balaban J connectivity index is 0.000000304. The van der Waals surface area contributed by atoms with Crippen molar-refractivity contribution in [2.75, 3.05) is 10.6 Å². The SMILES string of the molecule is C=CC(=C\C)/C(/C=C\C)=C/Cc1ccc(C(C)(C)C)cc1.CC.CC.Cc1cncc(-c2ccccc2C2(C)c3cc(N(c4ccc(C5C=CC=CC5)cc4)c4ccc(C(C)(C)C)cc4)ccc3-c3c2cc(N)c2c3oc3ccccc32)c1. The summed E-state index contributed by atoms with van der Waals surface area (Å²) in [7, 11) is 0. The largest absolute Gasteiger partial charge is 0.455 e. The molecule has 9 aromatic rings. The predicted molar refractivity (Wildman–Crippen MR) is 361 cm³/mol. The summed E-state index contributed by atoms with van der Waals surface area (Å²) in [6.45, 7) is 34.0. The molecule has 11 rings (SSSR count). The Morgan fingerprint density at radius 1 is 0.687 bits per heavy atom. The molecule has 2 N–H and O–H groups in total. The fourth-order valence-corrected chi connectivity index (χ4v) is 11.7. The summed E-state index contributed by atoms with van der Waals surface area (Å²) in [6, 6.07) is 55.6. The van der Waals surface area contributed by atoms with E-state index >= 15 is 0 Å². The lowest BCUT2D eigenvalue weighted by atomic mass is 9.71. The second-order valence-corrected chi connectivity index (χ2v) is 23.5. The van der Waals surface area contributed by atoms with Gasteiger partial charge < -0.3 is 15.1 Å². The van der Waals surface area contributed by atoms with Gasteiger partial charge in [0.15, 0.2) is 0 Å². The lowest BCUT2D eigenvalue weighted by Crippen LogP contribution is -2.24. The predicted octanol–water partition coefficient (Wildman–Crippen LogP) is 22.5. The summed E-state index contributed by atoms with van der Waals surface area (Å²) < 4.78 is 6.80. The number of aryl methyl sites for hydroxylation is 1. The van der Waals surface area contributed by atoms with E-state index in [-0.39, 0.29) is 10.8 Å². The Labute approximate surface area is 497 Å². The van der Waals surface area contributed by atoms with Gasteiger partial charge in [0.25, 0.3) is 0 Å². The van der Waals surface area contributed by atoms with Crippen LogP contribution in [0.15, 0.2) is 241 Å². The summed E-state index contributed by atoms with van der Waals surface area (Å²) in [5, 5.41) is 2.00. The monoisotopic (exact) mass is 1090 g/mol. The quantitative estimate of drug-likeness (QED) is 0.104. The number of pyridine rings is 1. The highest BCUT2D eigenvalue weighted by Gasteiger charge is 2.45. The van der Waals surface area contributed by atoms with Gasteiger partial charge in [-0.25, -0.2) is 0 Å². The minimum atomic E-state index is -0.602. The smallest absolute Gasteiger partial charge is 0.145 e. The number of furan rings is 1. The number of nitrogens with two attached hydrogens (primary N) is 1. The van der Waals surface area contributed by atoms with Crippen LogP contribution in [0.25, 0.3) is 44.2 Å². The van der Waals surface area contributed by atoms with Crippen LogP contribution >= 0.6 is 0 Å². The zero-order valence-electron chi connectivity index (χ0n) is 51.9. The van der Waals surface area contributed by atoms with Crippen molar-refractivity contribution in [1.29, 1.82) is 0 Å². The lowest BCUT2D eigenvalue weighted by Gasteiger charge is -2.32. The van der Waals surface area contributed by atoms with Crippen molar-refractivity contribution in [2.45, 2.75) is 132 Å². The molecule has 7 aromatic carbocycles. The standard InChI is InChI=1S/C54H47N3O.C21H28.2C2H6/c1-34-29-37(33-56-32-34)42-15-9-11-17-45(42)54(5)46-30-41(27-28-43(46)50-47(54)31-48(55)51-44-16-10-12-18-49(44)58-52(50)51)57(40-25-21-38(22-26-40)53(2,3)4)39-23-19-36(20-24-39)35-13-7-6-8-14-35;1-7-10-19(18(8-2)9-3)14-11-17-12-15-20(16-13-17)21(4,5)6;2*1-2/h6-13,15-33,35H,14,55H2,1-5H3;7-10,12-16H,2,11H2,1,3-6H3;2*1-2H3/b;10-7-,18-9+,19-14+;;. The zero-order chi connectivity index (χ0) is 59.6. The number of nitrogens with zero attached hydrogens (tertiary/aromatic N) is 2. The molecule has 0 fully saturated rings. The molecule has 0 aliphatic heterocycles. The number of rotatable bonds is 11. The normalized spacial score (nSPS) is 15.6. The van der Waals surface area contributed by atoms with E-state index in [1.54, 1.807) is 0 Å². The number of nitrogen functional groups attached to an aromatic ring is 1.